The van der Waals surface area contributed by atoms with E-state index in [0.717, 1.165) is 48.4 Å². The molecule has 4 heterocycles. The zero-order chi connectivity index (χ0) is 25.1. The van der Waals surface area contributed by atoms with E-state index in [-0.39, 0.29) is 23.1 Å². The Morgan fingerprint density at radius 1 is 1.11 bits per heavy atom. The van der Waals surface area contributed by atoms with Crippen molar-refractivity contribution in [1.82, 2.24) is 24.6 Å². The molecule has 0 atom stereocenters. The summed E-state index contributed by atoms with van der Waals surface area (Å²) in [5, 5.41) is 13.6. The number of rotatable bonds is 7. The molecular formula is C26H25N5O4S. The molecule has 0 unspecified atom stereocenters. The molecule has 0 amide bonds. The normalized spacial score (nSPS) is 14.6. The van der Waals surface area contributed by atoms with Crippen molar-refractivity contribution in [1.29, 1.82) is 0 Å². The molecule has 9 nitrogen and oxygen atoms in total. The van der Waals surface area contributed by atoms with Gasteiger partial charge in [-0.15, -0.1) is 11.3 Å². The quantitative estimate of drug-likeness (QED) is 0.407. The van der Waals surface area contributed by atoms with Gasteiger partial charge in [0.1, 0.15) is 16.7 Å². The predicted molar refractivity (Wildman–Crippen MR) is 136 cm³/mol. The second-order valence-electron chi connectivity index (χ2n) is 8.75. The first-order chi connectivity index (χ1) is 17.4. The van der Waals surface area contributed by atoms with Gasteiger partial charge in [0.15, 0.2) is 11.6 Å². The second-order valence-corrected chi connectivity index (χ2v) is 9.83. The Morgan fingerprint density at radius 3 is 2.61 bits per heavy atom. The van der Waals surface area contributed by atoms with Crippen molar-refractivity contribution in [2.45, 2.75) is 25.5 Å². The standard InChI is InChI=1S/C26H25N5O4S/c1-30-11-9-19(10-12-30)35-20-14-27-25(28-15-20)18-4-2-3-17(13-18)16-31-24(32)8-5-21(29-31)22-6-7-23(36-22)26(33)34/h2-8,13-15,19H,9-12,16H2,1H3,(H,33,34). The SMILES string of the molecule is CN1CCC(Oc2cnc(-c3cccc(Cn4nc(-c5ccc(C(=O)O)s5)ccc4=O)c3)nc2)CC1. The Hall–Kier alpha value is -3.89. The average molecular weight is 504 g/mol. The minimum absolute atomic E-state index is 0.186. The number of benzene rings is 1. The largest absolute Gasteiger partial charge is 0.487 e. The van der Waals surface area contributed by atoms with Crippen LogP contribution >= 0.6 is 11.3 Å². The number of thiophene rings is 1. The Morgan fingerprint density at radius 2 is 1.89 bits per heavy atom. The molecule has 0 aliphatic carbocycles. The lowest BCUT2D eigenvalue weighted by molar-refractivity contribution is 0.0702. The molecule has 4 aromatic rings. The number of carboxylic acids is 1. The van der Waals surface area contributed by atoms with Gasteiger partial charge in [0.05, 0.1) is 23.8 Å². The molecule has 1 N–H and O–H groups in total. The number of hydrogen-bond donors (Lipinski definition) is 1. The Labute approximate surface area is 211 Å². The summed E-state index contributed by atoms with van der Waals surface area (Å²) in [6.45, 7) is 2.30. The van der Waals surface area contributed by atoms with Crippen LogP contribution in [0.4, 0.5) is 0 Å². The van der Waals surface area contributed by atoms with Gasteiger partial charge >= 0.3 is 5.97 Å². The Balaban J connectivity index is 1.31. The molecule has 1 aliphatic rings. The van der Waals surface area contributed by atoms with Gasteiger partial charge in [-0.3, -0.25) is 4.79 Å². The minimum Gasteiger partial charge on any atom is -0.487 e. The third-order valence-electron chi connectivity index (χ3n) is 6.05. The molecule has 0 spiro atoms. The van der Waals surface area contributed by atoms with E-state index in [4.69, 9.17) is 4.74 Å². The van der Waals surface area contributed by atoms with Crippen LogP contribution in [0.2, 0.25) is 0 Å². The van der Waals surface area contributed by atoms with Crippen LogP contribution in [0.15, 0.2) is 65.7 Å². The number of aromatic carboxylic acids is 1. The van der Waals surface area contributed by atoms with E-state index in [9.17, 15) is 14.7 Å². The Kier molecular flexibility index (Phi) is 6.88. The molecule has 0 bridgehead atoms. The van der Waals surface area contributed by atoms with Gasteiger partial charge in [0.25, 0.3) is 5.56 Å². The van der Waals surface area contributed by atoms with Crippen molar-refractivity contribution in [2.75, 3.05) is 20.1 Å². The first-order valence-corrected chi connectivity index (χ1v) is 12.4. The predicted octanol–water partition coefficient (Wildman–Crippen LogP) is 3.65. The zero-order valence-corrected chi connectivity index (χ0v) is 20.5. The number of aromatic nitrogens is 4. The van der Waals surface area contributed by atoms with Gasteiger partial charge < -0.3 is 14.7 Å². The van der Waals surface area contributed by atoms with E-state index in [1.165, 1.54) is 16.8 Å². The summed E-state index contributed by atoms with van der Waals surface area (Å²) in [6, 6.07) is 13.9. The van der Waals surface area contributed by atoms with E-state index >= 15 is 0 Å². The highest BCUT2D eigenvalue weighted by molar-refractivity contribution is 7.17. The average Bonchev–Trinajstić information content (AvgIpc) is 3.38. The molecule has 1 aliphatic heterocycles. The summed E-state index contributed by atoms with van der Waals surface area (Å²) >= 11 is 1.12. The Bertz CT molecular complexity index is 1420. The third kappa shape index (κ3) is 5.50. The maximum absolute atomic E-state index is 12.5. The van der Waals surface area contributed by atoms with Crippen molar-refractivity contribution in [3.05, 3.63) is 81.7 Å². The smallest absolute Gasteiger partial charge is 0.345 e. The van der Waals surface area contributed by atoms with Crippen LogP contribution in [0.3, 0.4) is 0 Å². The number of piperidine rings is 1. The lowest BCUT2D eigenvalue weighted by Gasteiger charge is -2.29. The van der Waals surface area contributed by atoms with Crippen molar-refractivity contribution in [3.8, 4) is 27.7 Å². The van der Waals surface area contributed by atoms with Crippen molar-refractivity contribution >= 4 is 17.3 Å². The lowest BCUT2D eigenvalue weighted by Crippen LogP contribution is -2.35. The monoisotopic (exact) mass is 503 g/mol. The highest BCUT2D eigenvalue weighted by Gasteiger charge is 2.18. The van der Waals surface area contributed by atoms with Crippen LogP contribution < -0.4 is 10.3 Å². The van der Waals surface area contributed by atoms with Crippen LogP contribution in [0.5, 0.6) is 5.75 Å². The van der Waals surface area contributed by atoms with Crippen LogP contribution in [-0.4, -0.2) is 62.0 Å². The summed E-state index contributed by atoms with van der Waals surface area (Å²) < 4.78 is 7.41. The molecule has 36 heavy (non-hydrogen) atoms. The van der Waals surface area contributed by atoms with Gasteiger partial charge in [0, 0.05) is 24.7 Å². The molecule has 5 rings (SSSR count). The fraction of sp³-hybridized carbons (Fsp3) is 0.269. The van der Waals surface area contributed by atoms with Crippen molar-refractivity contribution in [3.63, 3.8) is 0 Å². The highest BCUT2D eigenvalue weighted by Crippen LogP contribution is 2.26. The summed E-state index contributed by atoms with van der Waals surface area (Å²) in [5.74, 6) is 0.248. The maximum atomic E-state index is 12.5. The van der Waals surface area contributed by atoms with Crippen LogP contribution in [0.1, 0.15) is 28.1 Å². The number of carboxylic acid groups (broad SMARTS) is 1. The van der Waals surface area contributed by atoms with Crippen LogP contribution in [-0.2, 0) is 6.54 Å². The first-order valence-electron chi connectivity index (χ1n) is 11.6. The second kappa shape index (κ2) is 10.4. The summed E-state index contributed by atoms with van der Waals surface area (Å²) in [6.07, 6.45) is 5.57. The third-order valence-corrected chi connectivity index (χ3v) is 7.15. The number of ether oxygens (including phenoxy) is 1. The molecule has 10 heteroatoms. The molecule has 0 radical (unpaired) electrons. The van der Waals surface area contributed by atoms with E-state index in [0.29, 0.717) is 22.1 Å². The van der Waals surface area contributed by atoms with Crippen molar-refractivity contribution < 1.29 is 14.6 Å². The highest BCUT2D eigenvalue weighted by atomic mass is 32.1. The van der Waals surface area contributed by atoms with Gasteiger partial charge in [-0.05, 0) is 49.7 Å². The summed E-state index contributed by atoms with van der Waals surface area (Å²) in [5.41, 5.74) is 2.00. The molecule has 3 aromatic heterocycles. The number of likely N-dealkylation sites (tertiary alicyclic amines) is 1. The van der Waals surface area contributed by atoms with Gasteiger partial charge in [-0.25, -0.2) is 19.4 Å². The molecule has 1 saturated heterocycles. The summed E-state index contributed by atoms with van der Waals surface area (Å²) in [4.78, 5) is 35.8. The van der Waals surface area contributed by atoms with Crippen molar-refractivity contribution in [2.24, 2.45) is 0 Å². The number of carbonyl (C=O) groups is 1. The van der Waals surface area contributed by atoms with E-state index in [1.54, 1.807) is 24.5 Å². The first kappa shape index (κ1) is 23.8. The molecule has 1 fully saturated rings. The molecule has 0 saturated carbocycles. The number of nitrogens with zero attached hydrogens (tertiary/aromatic N) is 5. The topological polar surface area (TPSA) is 110 Å². The fourth-order valence-electron chi connectivity index (χ4n) is 4.09. The lowest BCUT2D eigenvalue weighted by atomic mass is 10.1. The van der Waals surface area contributed by atoms with Crippen LogP contribution in [0, 0.1) is 0 Å². The molecule has 184 valence electrons. The fourth-order valence-corrected chi connectivity index (χ4v) is 4.90. The van der Waals surface area contributed by atoms with E-state index < -0.39 is 5.97 Å². The zero-order valence-electron chi connectivity index (χ0n) is 19.7. The minimum atomic E-state index is -0.986. The van der Waals surface area contributed by atoms with E-state index in [1.807, 2.05) is 24.3 Å². The van der Waals surface area contributed by atoms with Gasteiger partial charge in [0.2, 0.25) is 0 Å². The molecule has 1 aromatic carbocycles. The molecular weight excluding hydrogens is 478 g/mol. The van der Waals surface area contributed by atoms with E-state index in [2.05, 4.69) is 27.0 Å². The maximum Gasteiger partial charge on any atom is 0.345 e. The summed E-state index contributed by atoms with van der Waals surface area (Å²) in [7, 11) is 2.12. The van der Waals surface area contributed by atoms with Gasteiger partial charge in [-0.2, -0.15) is 5.10 Å². The van der Waals surface area contributed by atoms with Crippen LogP contribution in [0.25, 0.3) is 22.0 Å². The number of hydrogen-bond acceptors (Lipinski definition) is 8. The van der Waals surface area contributed by atoms with Gasteiger partial charge in [-0.1, -0.05) is 18.2 Å².